The van der Waals surface area contributed by atoms with E-state index >= 15 is 0 Å². The van der Waals surface area contributed by atoms with E-state index in [9.17, 15) is 19.2 Å². The molecular formula is C22H26Cl2N4O4. The Hall–Kier alpha value is -1.74. The first-order valence-electron chi connectivity index (χ1n) is 11.2. The molecule has 0 aromatic heterocycles. The molecule has 0 radical (unpaired) electrons. The monoisotopic (exact) mass is 480 g/mol. The van der Waals surface area contributed by atoms with Crippen LogP contribution in [0.1, 0.15) is 25.7 Å². The molecule has 32 heavy (non-hydrogen) atoms. The van der Waals surface area contributed by atoms with Gasteiger partial charge in [-0.05, 0) is 25.7 Å². The maximum Gasteiger partial charge on any atom is 0.234 e. The number of nitrogens with zero attached hydrogens (tertiary/aromatic N) is 4. The van der Waals surface area contributed by atoms with Crippen LogP contribution in [0.2, 0.25) is 0 Å². The van der Waals surface area contributed by atoms with Crippen molar-refractivity contribution in [1.82, 2.24) is 19.6 Å². The molecule has 3 aliphatic heterocycles. The normalized spacial score (nSPS) is 34.1. The largest absolute Gasteiger partial charge is 0.283 e. The van der Waals surface area contributed by atoms with Crippen molar-refractivity contribution in [2.24, 2.45) is 23.7 Å². The second kappa shape index (κ2) is 8.56. The second-order valence-corrected chi connectivity index (χ2v) is 10.3. The van der Waals surface area contributed by atoms with Gasteiger partial charge in [-0.2, -0.15) is 0 Å². The Morgan fingerprint density at radius 1 is 0.625 bits per heavy atom. The fourth-order valence-electron chi connectivity index (χ4n) is 5.54. The summed E-state index contributed by atoms with van der Waals surface area (Å²) in [5, 5.41) is 1.32. The molecule has 0 bridgehead atoms. The summed E-state index contributed by atoms with van der Waals surface area (Å²) < 4.78 is 0. The summed E-state index contributed by atoms with van der Waals surface area (Å²) in [6.45, 7) is 3.19. The molecular weight excluding hydrogens is 455 g/mol. The van der Waals surface area contributed by atoms with Crippen molar-refractivity contribution in [2.75, 3.05) is 39.5 Å². The Morgan fingerprint density at radius 3 is 1.34 bits per heavy atom. The van der Waals surface area contributed by atoms with Crippen LogP contribution in [0.25, 0.3) is 0 Å². The molecule has 4 atom stereocenters. The SMILES string of the molecule is O=C1[C@H]2CC(Cl)=CC[C@H]2C(=O)N1CN1CCN(CN2C(=O)[C@H]3CC=C(Cl)C[C@H]3C2=O)CC1. The van der Waals surface area contributed by atoms with Gasteiger partial charge in [-0.3, -0.25) is 38.8 Å². The minimum Gasteiger partial charge on any atom is -0.283 e. The quantitative estimate of drug-likeness (QED) is 0.567. The topological polar surface area (TPSA) is 81.2 Å². The van der Waals surface area contributed by atoms with Gasteiger partial charge in [0.1, 0.15) is 0 Å². The van der Waals surface area contributed by atoms with E-state index in [1.807, 2.05) is 12.2 Å². The molecule has 3 heterocycles. The van der Waals surface area contributed by atoms with Crippen molar-refractivity contribution in [3.05, 3.63) is 22.2 Å². The van der Waals surface area contributed by atoms with Gasteiger partial charge in [-0.25, -0.2) is 0 Å². The number of piperazine rings is 1. The van der Waals surface area contributed by atoms with Crippen LogP contribution in [0.5, 0.6) is 0 Å². The Morgan fingerprint density at radius 2 is 0.969 bits per heavy atom. The smallest absolute Gasteiger partial charge is 0.234 e. The van der Waals surface area contributed by atoms with Crippen LogP contribution in [-0.2, 0) is 19.2 Å². The molecule has 0 N–H and O–H groups in total. The summed E-state index contributed by atoms with van der Waals surface area (Å²) >= 11 is 12.2. The molecule has 172 valence electrons. The van der Waals surface area contributed by atoms with E-state index < -0.39 is 0 Å². The Balaban J connectivity index is 1.14. The number of fused-ring (bicyclic) bond motifs is 2. The predicted molar refractivity (Wildman–Crippen MR) is 117 cm³/mol. The lowest BCUT2D eigenvalue weighted by molar-refractivity contribution is -0.146. The van der Waals surface area contributed by atoms with Gasteiger partial charge < -0.3 is 0 Å². The van der Waals surface area contributed by atoms with Crippen LogP contribution in [0, 0.1) is 23.7 Å². The summed E-state index contributed by atoms with van der Waals surface area (Å²) in [5.41, 5.74) is 0. The third-order valence-electron chi connectivity index (χ3n) is 7.47. The van der Waals surface area contributed by atoms with Gasteiger partial charge in [0.2, 0.25) is 23.6 Å². The minimum absolute atomic E-state index is 0.106. The van der Waals surface area contributed by atoms with Gasteiger partial charge in [0.25, 0.3) is 0 Å². The number of allylic oxidation sites excluding steroid dienone is 4. The Labute approximate surface area is 196 Å². The molecule has 2 aliphatic carbocycles. The van der Waals surface area contributed by atoms with Crippen LogP contribution in [-0.4, -0.2) is 82.7 Å². The fourth-order valence-corrected chi connectivity index (χ4v) is 6.05. The lowest BCUT2D eigenvalue weighted by Crippen LogP contribution is -2.54. The van der Waals surface area contributed by atoms with E-state index in [1.165, 1.54) is 9.80 Å². The van der Waals surface area contributed by atoms with Gasteiger partial charge in [-0.15, -0.1) is 0 Å². The molecule has 10 heteroatoms. The fraction of sp³-hybridized carbons (Fsp3) is 0.636. The highest BCUT2D eigenvalue weighted by Gasteiger charge is 2.50. The van der Waals surface area contributed by atoms with E-state index in [4.69, 9.17) is 23.2 Å². The average Bonchev–Trinajstić information content (AvgIpc) is 3.15. The molecule has 3 saturated heterocycles. The number of hydrogen-bond acceptors (Lipinski definition) is 6. The lowest BCUT2D eigenvalue weighted by atomic mass is 9.85. The number of imide groups is 2. The lowest BCUT2D eigenvalue weighted by Gasteiger charge is -2.37. The highest BCUT2D eigenvalue weighted by atomic mass is 35.5. The van der Waals surface area contributed by atoms with Crippen LogP contribution < -0.4 is 0 Å². The highest BCUT2D eigenvalue weighted by Crippen LogP contribution is 2.40. The van der Waals surface area contributed by atoms with Gasteiger partial charge in [0.05, 0.1) is 37.0 Å². The van der Waals surface area contributed by atoms with Crippen molar-refractivity contribution in [1.29, 1.82) is 0 Å². The Kier molecular flexibility index (Phi) is 5.90. The molecule has 0 unspecified atom stereocenters. The molecule has 5 rings (SSSR count). The van der Waals surface area contributed by atoms with Gasteiger partial charge in [0.15, 0.2) is 0 Å². The van der Waals surface area contributed by atoms with Crippen molar-refractivity contribution in [3.63, 3.8) is 0 Å². The van der Waals surface area contributed by atoms with Crippen molar-refractivity contribution in [3.8, 4) is 0 Å². The minimum atomic E-state index is -0.333. The highest BCUT2D eigenvalue weighted by molar-refractivity contribution is 6.30. The van der Waals surface area contributed by atoms with Crippen molar-refractivity contribution in [2.45, 2.75) is 25.7 Å². The van der Waals surface area contributed by atoms with Gasteiger partial charge in [0, 0.05) is 36.2 Å². The zero-order valence-electron chi connectivity index (χ0n) is 17.7. The zero-order chi connectivity index (χ0) is 22.6. The van der Waals surface area contributed by atoms with E-state index in [0.29, 0.717) is 61.9 Å². The van der Waals surface area contributed by atoms with Crippen LogP contribution >= 0.6 is 23.2 Å². The van der Waals surface area contributed by atoms with Crippen molar-refractivity contribution < 1.29 is 19.2 Å². The number of likely N-dealkylation sites (tertiary alicyclic amines) is 2. The van der Waals surface area contributed by atoms with E-state index in [1.54, 1.807) is 0 Å². The maximum absolute atomic E-state index is 12.8. The summed E-state index contributed by atoms with van der Waals surface area (Å²) in [6.07, 6.45) is 5.63. The molecule has 0 saturated carbocycles. The number of halogens is 2. The first-order valence-corrected chi connectivity index (χ1v) is 11.9. The number of amides is 4. The molecule has 5 aliphatic rings. The van der Waals surface area contributed by atoms with E-state index in [2.05, 4.69) is 9.80 Å². The first kappa shape index (κ1) is 22.1. The van der Waals surface area contributed by atoms with Gasteiger partial charge in [-0.1, -0.05) is 35.4 Å². The van der Waals surface area contributed by atoms with Crippen LogP contribution in [0.4, 0.5) is 0 Å². The number of carbonyl (C=O) groups excluding carboxylic acids is 4. The summed E-state index contributed by atoms with van der Waals surface area (Å²) in [4.78, 5) is 57.9. The van der Waals surface area contributed by atoms with E-state index in [0.717, 1.165) is 0 Å². The van der Waals surface area contributed by atoms with Crippen LogP contribution in [0.15, 0.2) is 22.2 Å². The zero-order valence-corrected chi connectivity index (χ0v) is 19.2. The third-order valence-corrected chi connectivity index (χ3v) is 8.09. The summed E-state index contributed by atoms with van der Waals surface area (Å²) in [5.74, 6) is -1.71. The Bertz CT molecular complexity index is 853. The van der Waals surface area contributed by atoms with Crippen LogP contribution in [0.3, 0.4) is 0 Å². The molecule has 0 spiro atoms. The average molecular weight is 481 g/mol. The molecule has 0 aromatic carbocycles. The first-order chi connectivity index (χ1) is 15.3. The van der Waals surface area contributed by atoms with Crippen molar-refractivity contribution >= 4 is 46.8 Å². The third kappa shape index (κ3) is 3.81. The number of carbonyl (C=O) groups is 4. The summed E-state index contributed by atoms with van der Waals surface area (Å²) in [7, 11) is 0. The predicted octanol–water partition coefficient (Wildman–Crippen LogP) is 1.55. The number of hydrogen-bond donors (Lipinski definition) is 0. The number of rotatable bonds is 4. The van der Waals surface area contributed by atoms with Gasteiger partial charge >= 0.3 is 0 Å². The van der Waals surface area contributed by atoms with E-state index in [-0.39, 0.29) is 60.6 Å². The maximum atomic E-state index is 12.8. The second-order valence-electron chi connectivity index (χ2n) is 9.34. The summed E-state index contributed by atoms with van der Waals surface area (Å²) in [6, 6.07) is 0. The molecule has 4 amide bonds. The standard InChI is InChI=1S/C22H26Cl2N4O4/c23-13-1-3-15-17(9-13)21(31)27(19(15)29)11-25-5-7-26(8-6-25)12-28-20(30)16-4-2-14(24)10-18(16)22(28)32/h1-2,15-18H,3-12H2/t15-,16+,17+,18-. The molecule has 0 aromatic rings. The molecule has 8 nitrogen and oxygen atoms in total. The molecule has 3 fully saturated rings.